The van der Waals surface area contributed by atoms with Gasteiger partial charge in [0, 0.05) is 17.8 Å². The zero-order valence-corrected chi connectivity index (χ0v) is 10.8. The molecule has 0 saturated carbocycles. The van der Waals surface area contributed by atoms with Gasteiger partial charge in [0.05, 0.1) is 16.8 Å². The van der Waals surface area contributed by atoms with Gasteiger partial charge in [0.25, 0.3) is 10.0 Å². The van der Waals surface area contributed by atoms with Gasteiger partial charge in [-0.3, -0.25) is 9.82 Å². The fourth-order valence-electron chi connectivity index (χ4n) is 1.40. The molecule has 0 saturated heterocycles. The first-order valence-corrected chi connectivity index (χ1v) is 6.89. The van der Waals surface area contributed by atoms with Crippen molar-refractivity contribution in [3.05, 3.63) is 41.2 Å². The lowest BCUT2D eigenvalue weighted by Crippen LogP contribution is -2.13. The van der Waals surface area contributed by atoms with Crippen LogP contribution in [0.1, 0.15) is 5.56 Å². The highest BCUT2D eigenvalue weighted by Crippen LogP contribution is 2.21. The molecule has 0 radical (unpaired) electrons. The number of anilines is 1. The van der Waals surface area contributed by atoms with Crippen molar-refractivity contribution in [3.8, 4) is 0 Å². The number of hydrogen-bond acceptors (Lipinski definition) is 4. The van der Waals surface area contributed by atoms with Gasteiger partial charge in [-0.1, -0.05) is 11.6 Å². The molecule has 0 bridgehead atoms. The highest BCUT2D eigenvalue weighted by atomic mass is 35.5. The van der Waals surface area contributed by atoms with E-state index in [-0.39, 0.29) is 11.4 Å². The van der Waals surface area contributed by atoms with Gasteiger partial charge in [0.1, 0.15) is 0 Å². The van der Waals surface area contributed by atoms with E-state index in [4.69, 9.17) is 17.3 Å². The fraction of sp³-hybridized carbons (Fsp3) is 0.100. The average Bonchev–Trinajstić information content (AvgIpc) is 2.81. The van der Waals surface area contributed by atoms with E-state index in [1.807, 2.05) is 0 Å². The van der Waals surface area contributed by atoms with Crippen LogP contribution in [0.2, 0.25) is 5.02 Å². The number of aromatic nitrogens is 2. The number of benzene rings is 1. The number of aromatic amines is 1. The molecule has 18 heavy (non-hydrogen) atoms. The summed E-state index contributed by atoms with van der Waals surface area (Å²) in [6.07, 6.45) is 2.81. The molecule has 0 atom stereocenters. The second kappa shape index (κ2) is 4.97. The number of H-pyrrole nitrogens is 1. The van der Waals surface area contributed by atoms with Crippen molar-refractivity contribution in [3.63, 3.8) is 0 Å². The van der Waals surface area contributed by atoms with E-state index >= 15 is 0 Å². The molecular weight excluding hydrogens is 276 g/mol. The van der Waals surface area contributed by atoms with Gasteiger partial charge in [0.15, 0.2) is 0 Å². The molecule has 2 aromatic rings. The number of hydrogen-bond donors (Lipinski definition) is 3. The molecule has 0 amide bonds. The van der Waals surface area contributed by atoms with E-state index in [1.54, 1.807) is 0 Å². The summed E-state index contributed by atoms with van der Waals surface area (Å²) < 4.78 is 26.5. The minimum atomic E-state index is -3.66. The van der Waals surface area contributed by atoms with E-state index < -0.39 is 10.0 Å². The first-order valence-electron chi connectivity index (χ1n) is 5.03. The molecule has 0 unspecified atom stereocenters. The van der Waals surface area contributed by atoms with Gasteiger partial charge in [-0.15, -0.1) is 0 Å². The third-order valence-corrected chi connectivity index (χ3v) is 4.05. The second-order valence-corrected chi connectivity index (χ2v) is 5.64. The number of rotatable bonds is 4. The number of nitrogens with one attached hydrogen (secondary N) is 2. The van der Waals surface area contributed by atoms with E-state index in [1.165, 1.54) is 30.6 Å². The lowest BCUT2D eigenvalue weighted by molar-refractivity contribution is 0.601. The van der Waals surface area contributed by atoms with E-state index in [2.05, 4.69) is 14.9 Å². The molecule has 96 valence electrons. The van der Waals surface area contributed by atoms with E-state index in [0.29, 0.717) is 16.3 Å². The third kappa shape index (κ3) is 2.63. The molecule has 0 aliphatic heterocycles. The maximum absolute atomic E-state index is 12.0. The molecule has 1 aromatic carbocycles. The van der Waals surface area contributed by atoms with Crippen molar-refractivity contribution in [2.24, 2.45) is 5.73 Å². The minimum Gasteiger partial charge on any atom is -0.326 e. The highest BCUT2D eigenvalue weighted by Gasteiger charge is 2.16. The van der Waals surface area contributed by atoms with Crippen molar-refractivity contribution in [2.45, 2.75) is 11.4 Å². The smallest absolute Gasteiger partial charge is 0.262 e. The Morgan fingerprint density at radius 1 is 1.44 bits per heavy atom. The van der Waals surface area contributed by atoms with Crippen LogP contribution < -0.4 is 10.5 Å². The second-order valence-electron chi connectivity index (χ2n) is 3.55. The Balaban J connectivity index is 2.35. The van der Waals surface area contributed by atoms with E-state index in [9.17, 15) is 8.42 Å². The molecule has 0 aliphatic rings. The quantitative estimate of drug-likeness (QED) is 0.789. The van der Waals surface area contributed by atoms with Gasteiger partial charge in [-0.25, -0.2) is 8.42 Å². The monoisotopic (exact) mass is 286 g/mol. The first kappa shape index (κ1) is 12.9. The lowest BCUT2D eigenvalue weighted by atomic mass is 10.2. The predicted octanol–water partition coefficient (Wildman–Crippen LogP) is 1.32. The zero-order valence-electron chi connectivity index (χ0n) is 9.22. The maximum atomic E-state index is 12.0. The summed E-state index contributed by atoms with van der Waals surface area (Å²) in [5, 5.41) is 6.62. The summed E-state index contributed by atoms with van der Waals surface area (Å²) in [5.74, 6) is 0. The van der Waals surface area contributed by atoms with Gasteiger partial charge in [-0.2, -0.15) is 5.10 Å². The Kier molecular flexibility index (Phi) is 3.55. The SMILES string of the molecule is NCc1cc(S(=O)(=O)Nc2cn[nH]c2)ccc1Cl. The van der Waals surface area contributed by atoms with Crippen LogP contribution in [0, 0.1) is 0 Å². The Hall–Kier alpha value is -1.57. The zero-order chi connectivity index (χ0) is 13.2. The van der Waals surface area contributed by atoms with Crippen LogP contribution in [0.25, 0.3) is 0 Å². The highest BCUT2D eigenvalue weighted by molar-refractivity contribution is 7.92. The topological polar surface area (TPSA) is 101 Å². The number of halogens is 1. The van der Waals surface area contributed by atoms with Crippen molar-refractivity contribution < 1.29 is 8.42 Å². The number of nitrogens with two attached hydrogens (primary N) is 1. The standard InChI is InChI=1S/C10H11ClN4O2S/c11-10-2-1-9(3-7(10)4-12)18(16,17)15-8-5-13-14-6-8/h1-3,5-6,15H,4,12H2,(H,13,14). The molecular formula is C10H11ClN4O2S. The van der Waals surface area contributed by atoms with E-state index in [0.717, 1.165) is 0 Å². The molecule has 0 fully saturated rings. The Morgan fingerprint density at radius 2 is 2.22 bits per heavy atom. The van der Waals surface area contributed by atoms with Crippen molar-refractivity contribution >= 4 is 27.3 Å². The van der Waals surface area contributed by atoms with Crippen LogP contribution in [0.15, 0.2) is 35.5 Å². The van der Waals surface area contributed by atoms with Gasteiger partial charge in [0.2, 0.25) is 0 Å². The predicted molar refractivity (Wildman–Crippen MR) is 68.7 cm³/mol. The number of nitrogens with zero attached hydrogens (tertiary/aromatic N) is 1. The Morgan fingerprint density at radius 3 is 2.83 bits per heavy atom. The van der Waals surface area contributed by atoms with Gasteiger partial charge in [-0.05, 0) is 23.8 Å². The third-order valence-electron chi connectivity index (χ3n) is 2.30. The van der Waals surface area contributed by atoms with Crippen LogP contribution >= 0.6 is 11.6 Å². The molecule has 0 aliphatic carbocycles. The maximum Gasteiger partial charge on any atom is 0.262 e. The Labute approximate surface area is 109 Å². The molecule has 6 nitrogen and oxygen atoms in total. The Bertz CT molecular complexity index is 640. The summed E-state index contributed by atoms with van der Waals surface area (Å²) in [6.45, 7) is 0.175. The normalized spacial score (nSPS) is 11.4. The molecule has 1 aromatic heterocycles. The molecule has 2 rings (SSSR count). The van der Waals surface area contributed by atoms with Gasteiger partial charge < -0.3 is 5.73 Å². The molecule has 1 heterocycles. The average molecular weight is 287 g/mol. The number of sulfonamides is 1. The first-order chi connectivity index (χ1) is 8.53. The lowest BCUT2D eigenvalue weighted by Gasteiger charge is -2.08. The van der Waals surface area contributed by atoms with Crippen molar-refractivity contribution in [1.82, 2.24) is 10.2 Å². The van der Waals surface area contributed by atoms with Crippen LogP contribution in [0.5, 0.6) is 0 Å². The van der Waals surface area contributed by atoms with Crippen LogP contribution in [-0.2, 0) is 16.6 Å². The fourth-order valence-corrected chi connectivity index (χ4v) is 2.67. The largest absolute Gasteiger partial charge is 0.326 e. The summed E-state index contributed by atoms with van der Waals surface area (Å²) in [4.78, 5) is 0.105. The van der Waals surface area contributed by atoms with Crippen LogP contribution in [0.4, 0.5) is 5.69 Å². The molecule has 0 spiro atoms. The minimum absolute atomic E-state index is 0.105. The molecule has 8 heteroatoms. The summed E-state index contributed by atoms with van der Waals surface area (Å²) in [7, 11) is -3.66. The van der Waals surface area contributed by atoms with Crippen LogP contribution in [-0.4, -0.2) is 18.6 Å². The molecule has 4 N–H and O–H groups in total. The summed E-state index contributed by atoms with van der Waals surface area (Å²) in [5.41, 5.74) is 6.42. The van der Waals surface area contributed by atoms with Gasteiger partial charge >= 0.3 is 0 Å². The van der Waals surface area contributed by atoms with Crippen molar-refractivity contribution in [1.29, 1.82) is 0 Å². The summed E-state index contributed by atoms with van der Waals surface area (Å²) >= 11 is 5.88. The van der Waals surface area contributed by atoms with Crippen molar-refractivity contribution in [2.75, 3.05) is 4.72 Å². The summed E-state index contributed by atoms with van der Waals surface area (Å²) in [6, 6.07) is 4.38. The van der Waals surface area contributed by atoms with Crippen LogP contribution in [0.3, 0.4) is 0 Å².